The largest absolute Gasteiger partial charge is 0.496 e. The number of nitrogens with zero attached hydrogens (tertiary/aromatic N) is 2. The Morgan fingerprint density at radius 2 is 2.07 bits per heavy atom. The van der Waals surface area contributed by atoms with Gasteiger partial charge in [-0.05, 0) is 48.6 Å². The number of nitrogens with one attached hydrogen (secondary N) is 1. The number of halogens is 1. The Bertz CT molecular complexity index is 894. The highest BCUT2D eigenvalue weighted by Gasteiger charge is 2.27. The van der Waals surface area contributed by atoms with E-state index >= 15 is 0 Å². The first-order valence-electron chi connectivity index (χ1n) is 9.36. The summed E-state index contributed by atoms with van der Waals surface area (Å²) in [5, 5.41) is 8.84. The summed E-state index contributed by atoms with van der Waals surface area (Å²) < 4.78 is 7.53. The fourth-order valence-electron chi connectivity index (χ4n) is 4.00. The quantitative estimate of drug-likeness (QED) is 0.701. The molecule has 2 heterocycles. The van der Waals surface area contributed by atoms with Crippen molar-refractivity contribution >= 4 is 11.6 Å². The van der Waals surface area contributed by atoms with Crippen molar-refractivity contribution in [2.24, 2.45) is 5.92 Å². The topological polar surface area (TPSA) is 39.1 Å². The minimum Gasteiger partial charge on any atom is -0.496 e. The minimum absolute atomic E-state index is 0.509. The first kappa shape index (κ1) is 18.1. The zero-order chi connectivity index (χ0) is 18.6. The van der Waals surface area contributed by atoms with Crippen LogP contribution in [-0.2, 0) is 6.54 Å². The molecule has 1 saturated heterocycles. The second kappa shape index (κ2) is 8.15. The van der Waals surface area contributed by atoms with Gasteiger partial charge in [0, 0.05) is 35.4 Å². The molecule has 1 aliphatic rings. The Kier molecular flexibility index (Phi) is 5.46. The van der Waals surface area contributed by atoms with Crippen molar-refractivity contribution in [3.8, 4) is 16.9 Å². The van der Waals surface area contributed by atoms with Gasteiger partial charge in [0.2, 0.25) is 0 Å². The lowest BCUT2D eigenvalue weighted by atomic mass is 9.81. The Balaban J connectivity index is 1.56. The van der Waals surface area contributed by atoms with Gasteiger partial charge in [0.25, 0.3) is 0 Å². The van der Waals surface area contributed by atoms with E-state index in [2.05, 4.69) is 46.9 Å². The molecular formula is C22H24ClN3O. The van der Waals surface area contributed by atoms with E-state index in [1.165, 1.54) is 5.56 Å². The molecule has 140 valence electrons. The summed E-state index contributed by atoms with van der Waals surface area (Å²) in [6.45, 7) is 2.96. The lowest BCUT2D eigenvalue weighted by molar-refractivity contribution is 0.282. The predicted octanol–water partition coefficient (Wildman–Crippen LogP) is 4.61. The molecule has 2 unspecified atom stereocenters. The SMILES string of the molecule is COc1ccc(Cl)cc1-c1cnn(CC2CNCCC2c2ccccc2)c1. The molecule has 1 aromatic heterocycles. The number of hydrogen-bond donors (Lipinski definition) is 1. The van der Waals surface area contributed by atoms with Crippen molar-refractivity contribution in [1.82, 2.24) is 15.1 Å². The molecule has 2 aromatic carbocycles. The molecule has 5 heteroatoms. The molecule has 3 aromatic rings. The number of ether oxygens (including phenoxy) is 1. The van der Waals surface area contributed by atoms with E-state index < -0.39 is 0 Å². The Labute approximate surface area is 165 Å². The molecule has 0 bridgehead atoms. The molecule has 0 aliphatic carbocycles. The summed E-state index contributed by atoms with van der Waals surface area (Å²) in [6, 6.07) is 16.5. The summed E-state index contributed by atoms with van der Waals surface area (Å²) in [6.07, 6.45) is 5.14. The van der Waals surface area contributed by atoms with Crippen LogP contribution in [0.3, 0.4) is 0 Å². The van der Waals surface area contributed by atoms with Crippen LogP contribution in [0.4, 0.5) is 0 Å². The molecule has 1 N–H and O–H groups in total. The first-order valence-corrected chi connectivity index (χ1v) is 9.74. The summed E-state index contributed by atoms with van der Waals surface area (Å²) in [5.74, 6) is 1.87. The molecule has 0 saturated carbocycles. The van der Waals surface area contributed by atoms with Crippen LogP contribution in [0.15, 0.2) is 60.9 Å². The number of rotatable bonds is 5. The monoisotopic (exact) mass is 381 g/mol. The third-order valence-electron chi connectivity index (χ3n) is 5.36. The maximum Gasteiger partial charge on any atom is 0.126 e. The first-order chi connectivity index (χ1) is 13.2. The van der Waals surface area contributed by atoms with Gasteiger partial charge in [0.1, 0.15) is 5.75 Å². The third-order valence-corrected chi connectivity index (χ3v) is 5.60. The third kappa shape index (κ3) is 4.02. The zero-order valence-corrected chi connectivity index (χ0v) is 16.2. The molecule has 27 heavy (non-hydrogen) atoms. The van der Waals surface area contributed by atoms with Crippen LogP contribution in [-0.4, -0.2) is 30.0 Å². The summed E-state index contributed by atoms with van der Waals surface area (Å²) in [7, 11) is 1.68. The zero-order valence-electron chi connectivity index (χ0n) is 15.4. The van der Waals surface area contributed by atoms with Gasteiger partial charge < -0.3 is 10.1 Å². The highest BCUT2D eigenvalue weighted by atomic mass is 35.5. The smallest absolute Gasteiger partial charge is 0.126 e. The van der Waals surface area contributed by atoms with Crippen LogP contribution in [0, 0.1) is 5.92 Å². The van der Waals surface area contributed by atoms with Gasteiger partial charge in [-0.2, -0.15) is 5.10 Å². The standard InChI is InChI=1S/C22H24ClN3O/c1-27-22-8-7-19(23)11-21(22)18-13-25-26(15-18)14-17-12-24-10-9-20(17)16-5-3-2-4-6-16/h2-8,11,13,15,17,20,24H,9-10,12,14H2,1H3. The molecule has 1 fully saturated rings. The van der Waals surface area contributed by atoms with Gasteiger partial charge in [-0.15, -0.1) is 0 Å². The van der Waals surface area contributed by atoms with Crippen molar-refractivity contribution in [2.75, 3.05) is 20.2 Å². The highest BCUT2D eigenvalue weighted by Crippen LogP contribution is 2.34. The van der Waals surface area contributed by atoms with Crippen molar-refractivity contribution in [1.29, 1.82) is 0 Å². The van der Waals surface area contributed by atoms with E-state index in [1.807, 2.05) is 29.1 Å². The average molecular weight is 382 g/mol. The van der Waals surface area contributed by atoms with Crippen LogP contribution in [0.5, 0.6) is 5.75 Å². The fraction of sp³-hybridized carbons (Fsp3) is 0.318. The van der Waals surface area contributed by atoms with Crippen molar-refractivity contribution in [2.45, 2.75) is 18.9 Å². The fourth-order valence-corrected chi connectivity index (χ4v) is 4.17. The van der Waals surface area contributed by atoms with Crippen LogP contribution in [0.1, 0.15) is 17.9 Å². The summed E-state index contributed by atoms with van der Waals surface area (Å²) in [4.78, 5) is 0. The van der Waals surface area contributed by atoms with E-state index in [0.29, 0.717) is 16.9 Å². The van der Waals surface area contributed by atoms with Gasteiger partial charge >= 0.3 is 0 Å². The minimum atomic E-state index is 0.509. The number of methoxy groups -OCH3 is 1. The van der Waals surface area contributed by atoms with Crippen molar-refractivity contribution in [3.63, 3.8) is 0 Å². The maximum absolute atomic E-state index is 6.18. The average Bonchev–Trinajstić information content (AvgIpc) is 3.17. The maximum atomic E-state index is 6.18. The number of aromatic nitrogens is 2. The van der Waals surface area contributed by atoms with E-state index in [-0.39, 0.29) is 0 Å². The van der Waals surface area contributed by atoms with Gasteiger partial charge in [0.05, 0.1) is 13.3 Å². The molecular weight excluding hydrogens is 358 g/mol. The Morgan fingerprint density at radius 1 is 1.22 bits per heavy atom. The number of hydrogen-bond acceptors (Lipinski definition) is 3. The van der Waals surface area contributed by atoms with Gasteiger partial charge in [0.15, 0.2) is 0 Å². The molecule has 2 atom stereocenters. The van der Waals surface area contributed by atoms with Crippen LogP contribution in [0.2, 0.25) is 5.02 Å². The lowest BCUT2D eigenvalue weighted by Gasteiger charge is -2.32. The molecule has 0 amide bonds. The summed E-state index contributed by atoms with van der Waals surface area (Å²) >= 11 is 6.18. The molecule has 1 aliphatic heterocycles. The molecule has 4 nitrogen and oxygen atoms in total. The van der Waals surface area contributed by atoms with Crippen LogP contribution in [0.25, 0.3) is 11.1 Å². The van der Waals surface area contributed by atoms with Gasteiger partial charge in [-0.1, -0.05) is 41.9 Å². The molecule has 0 spiro atoms. The Hall–Kier alpha value is -2.30. The van der Waals surface area contributed by atoms with Crippen LogP contribution >= 0.6 is 11.6 Å². The number of piperidine rings is 1. The highest BCUT2D eigenvalue weighted by molar-refractivity contribution is 6.31. The van der Waals surface area contributed by atoms with E-state index in [4.69, 9.17) is 16.3 Å². The van der Waals surface area contributed by atoms with Crippen molar-refractivity contribution in [3.05, 3.63) is 71.5 Å². The second-order valence-electron chi connectivity index (χ2n) is 7.07. The van der Waals surface area contributed by atoms with E-state index in [1.54, 1.807) is 7.11 Å². The molecule has 0 radical (unpaired) electrons. The van der Waals surface area contributed by atoms with E-state index in [0.717, 1.165) is 42.9 Å². The summed E-state index contributed by atoms with van der Waals surface area (Å²) in [5.41, 5.74) is 3.42. The van der Waals surface area contributed by atoms with Gasteiger partial charge in [-0.3, -0.25) is 4.68 Å². The second-order valence-corrected chi connectivity index (χ2v) is 7.50. The van der Waals surface area contributed by atoms with Crippen molar-refractivity contribution < 1.29 is 4.74 Å². The van der Waals surface area contributed by atoms with Gasteiger partial charge in [-0.25, -0.2) is 0 Å². The molecule has 4 rings (SSSR count). The predicted molar refractivity (Wildman–Crippen MR) is 109 cm³/mol. The van der Waals surface area contributed by atoms with Crippen LogP contribution < -0.4 is 10.1 Å². The lowest BCUT2D eigenvalue weighted by Crippen LogP contribution is -2.37. The Morgan fingerprint density at radius 3 is 2.89 bits per heavy atom. The normalized spacial score (nSPS) is 19.8. The number of benzene rings is 2. The van der Waals surface area contributed by atoms with E-state index in [9.17, 15) is 0 Å².